The van der Waals surface area contributed by atoms with Gasteiger partial charge in [-0.1, -0.05) is 6.92 Å². The Labute approximate surface area is 109 Å². The molecule has 3 rings (SSSR count). The number of nitrogens with zero attached hydrogens (tertiary/aromatic N) is 3. The van der Waals surface area contributed by atoms with E-state index in [-0.39, 0.29) is 6.10 Å². The number of likely N-dealkylation sites (tertiary alicyclic amines) is 1. The van der Waals surface area contributed by atoms with Gasteiger partial charge in [0, 0.05) is 37.3 Å². The monoisotopic (exact) mass is 249 g/mol. The van der Waals surface area contributed by atoms with Crippen LogP contribution in [0.3, 0.4) is 0 Å². The molecule has 0 aliphatic carbocycles. The van der Waals surface area contributed by atoms with E-state index in [9.17, 15) is 5.11 Å². The lowest BCUT2D eigenvalue weighted by atomic mass is 10.1. The Hall–Kier alpha value is -0.870. The highest BCUT2D eigenvalue weighted by Crippen LogP contribution is 2.23. The highest BCUT2D eigenvalue weighted by molar-refractivity contribution is 5.10. The van der Waals surface area contributed by atoms with Gasteiger partial charge in [-0.2, -0.15) is 0 Å². The van der Waals surface area contributed by atoms with E-state index in [0.717, 1.165) is 32.4 Å². The van der Waals surface area contributed by atoms with Gasteiger partial charge in [-0.05, 0) is 32.4 Å². The lowest BCUT2D eigenvalue weighted by Crippen LogP contribution is -2.32. The quantitative estimate of drug-likeness (QED) is 0.875. The van der Waals surface area contributed by atoms with Gasteiger partial charge in [-0.3, -0.25) is 0 Å². The highest BCUT2D eigenvalue weighted by atomic mass is 16.3. The van der Waals surface area contributed by atoms with Crippen LogP contribution in [0.1, 0.15) is 37.7 Å². The number of rotatable bonds is 3. The molecule has 1 aromatic heterocycles. The lowest BCUT2D eigenvalue weighted by Gasteiger charge is -2.25. The van der Waals surface area contributed by atoms with E-state index in [1.807, 2.05) is 6.20 Å². The fourth-order valence-electron chi connectivity index (χ4n) is 3.43. The maximum absolute atomic E-state index is 9.68. The topological polar surface area (TPSA) is 41.3 Å². The third kappa shape index (κ3) is 2.19. The average molecular weight is 249 g/mol. The van der Waals surface area contributed by atoms with Crippen molar-refractivity contribution < 1.29 is 5.11 Å². The van der Waals surface area contributed by atoms with Crippen LogP contribution in [0.5, 0.6) is 0 Å². The van der Waals surface area contributed by atoms with Crippen LogP contribution in [0.4, 0.5) is 0 Å². The Balaban J connectivity index is 1.74. The molecule has 0 aromatic carbocycles. The number of imidazole rings is 1. The number of fused-ring (bicyclic) bond motifs is 1. The van der Waals surface area contributed by atoms with Crippen LogP contribution in [0.2, 0.25) is 0 Å². The molecule has 18 heavy (non-hydrogen) atoms. The molecule has 0 spiro atoms. The van der Waals surface area contributed by atoms with Crippen molar-refractivity contribution in [1.82, 2.24) is 14.5 Å². The molecule has 4 heteroatoms. The number of aliphatic hydroxyl groups excluding tert-OH is 1. The zero-order valence-corrected chi connectivity index (χ0v) is 11.2. The smallest absolute Gasteiger partial charge is 0.110 e. The fraction of sp³-hybridized carbons (Fsp3) is 0.786. The molecule has 100 valence electrons. The van der Waals surface area contributed by atoms with E-state index in [0.29, 0.717) is 6.04 Å². The predicted octanol–water partition coefficient (Wildman–Crippen LogP) is 1.22. The molecule has 1 saturated heterocycles. The van der Waals surface area contributed by atoms with Crippen LogP contribution >= 0.6 is 0 Å². The molecule has 1 N–H and O–H groups in total. The van der Waals surface area contributed by atoms with Gasteiger partial charge in [-0.15, -0.1) is 0 Å². The SMILES string of the molecule is CCN1CCCC1Cc1ncc2n1CCC(O)C2. The Morgan fingerprint density at radius 3 is 3.11 bits per heavy atom. The van der Waals surface area contributed by atoms with E-state index in [2.05, 4.69) is 21.4 Å². The summed E-state index contributed by atoms with van der Waals surface area (Å²) in [6, 6.07) is 0.674. The summed E-state index contributed by atoms with van der Waals surface area (Å²) in [6.45, 7) is 5.57. The summed E-state index contributed by atoms with van der Waals surface area (Å²) in [7, 11) is 0. The highest BCUT2D eigenvalue weighted by Gasteiger charge is 2.26. The zero-order valence-electron chi connectivity index (χ0n) is 11.2. The maximum atomic E-state index is 9.68. The van der Waals surface area contributed by atoms with Crippen molar-refractivity contribution in [3.63, 3.8) is 0 Å². The van der Waals surface area contributed by atoms with Crippen LogP contribution in [0.25, 0.3) is 0 Å². The molecule has 1 fully saturated rings. The molecular weight excluding hydrogens is 226 g/mol. The molecule has 3 heterocycles. The summed E-state index contributed by atoms with van der Waals surface area (Å²) in [5, 5.41) is 9.68. The van der Waals surface area contributed by atoms with Crippen LogP contribution < -0.4 is 0 Å². The molecule has 1 aromatic rings. The number of likely N-dealkylation sites (N-methyl/N-ethyl adjacent to an activating group) is 1. The first kappa shape index (κ1) is 12.2. The number of hydrogen-bond acceptors (Lipinski definition) is 3. The van der Waals surface area contributed by atoms with E-state index >= 15 is 0 Å². The van der Waals surface area contributed by atoms with Gasteiger partial charge in [0.05, 0.1) is 6.10 Å². The van der Waals surface area contributed by atoms with Crippen molar-refractivity contribution in [2.75, 3.05) is 13.1 Å². The molecule has 2 aliphatic rings. The van der Waals surface area contributed by atoms with Gasteiger partial charge in [0.15, 0.2) is 0 Å². The number of aromatic nitrogens is 2. The van der Waals surface area contributed by atoms with Crippen molar-refractivity contribution in [3.05, 3.63) is 17.7 Å². The van der Waals surface area contributed by atoms with Crippen molar-refractivity contribution in [3.8, 4) is 0 Å². The van der Waals surface area contributed by atoms with Crippen LogP contribution in [-0.2, 0) is 19.4 Å². The second-order valence-corrected chi connectivity index (χ2v) is 5.59. The van der Waals surface area contributed by atoms with Crippen molar-refractivity contribution in [2.45, 2.75) is 57.7 Å². The number of hydrogen-bond donors (Lipinski definition) is 1. The zero-order chi connectivity index (χ0) is 12.5. The van der Waals surface area contributed by atoms with E-state index in [1.54, 1.807) is 0 Å². The second-order valence-electron chi connectivity index (χ2n) is 5.59. The molecule has 0 radical (unpaired) electrons. The Morgan fingerprint density at radius 1 is 1.39 bits per heavy atom. The second kappa shape index (κ2) is 5.02. The molecule has 0 saturated carbocycles. The summed E-state index contributed by atoms with van der Waals surface area (Å²) in [4.78, 5) is 7.16. The third-order valence-electron chi connectivity index (χ3n) is 4.48. The number of aliphatic hydroxyl groups is 1. The fourth-order valence-corrected chi connectivity index (χ4v) is 3.43. The predicted molar refractivity (Wildman–Crippen MR) is 70.5 cm³/mol. The average Bonchev–Trinajstić information content (AvgIpc) is 2.96. The van der Waals surface area contributed by atoms with Crippen LogP contribution in [0, 0.1) is 0 Å². The lowest BCUT2D eigenvalue weighted by molar-refractivity contribution is 0.142. The molecule has 0 amide bonds. The van der Waals surface area contributed by atoms with Gasteiger partial charge in [0.2, 0.25) is 0 Å². The summed E-state index contributed by atoms with van der Waals surface area (Å²) >= 11 is 0. The van der Waals surface area contributed by atoms with Gasteiger partial charge in [0.1, 0.15) is 5.82 Å². The summed E-state index contributed by atoms with van der Waals surface area (Å²) in [5.74, 6) is 1.22. The summed E-state index contributed by atoms with van der Waals surface area (Å²) < 4.78 is 2.33. The van der Waals surface area contributed by atoms with E-state index in [1.165, 1.54) is 30.9 Å². The molecule has 4 nitrogen and oxygen atoms in total. The normalized spacial score (nSPS) is 28.6. The van der Waals surface area contributed by atoms with Gasteiger partial charge in [-0.25, -0.2) is 4.98 Å². The van der Waals surface area contributed by atoms with Gasteiger partial charge in [0.25, 0.3) is 0 Å². The largest absolute Gasteiger partial charge is 0.393 e. The maximum Gasteiger partial charge on any atom is 0.110 e. The third-order valence-corrected chi connectivity index (χ3v) is 4.48. The Morgan fingerprint density at radius 2 is 2.28 bits per heavy atom. The van der Waals surface area contributed by atoms with Gasteiger partial charge >= 0.3 is 0 Å². The molecular formula is C14H23N3O. The molecule has 2 unspecified atom stereocenters. The minimum atomic E-state index is -0.166. The molecule has 0 bridgehead atoms. The summed E-state index contributed by atoms with van der Waals surface area (Å²) in [5.41, 5.74) is 1.21. The van der Waals surface area contributed by atoms with Crippen molar-refractivity contribution in [2.24, 2.45) is 0 Å². The van der Waals surface area contributed by atoms with Crippen molar-refractivity contribution in [1.29, 1.82) is 0 Å². The van der Waals surface area contributed by atoms with Crippen LogP contribution in [-0.4, -0.2) is 44.8 Å². The van der Waals surface area contributed by atoms with Crippen molar-refractivity contribution >= 4 is 0 Å². The summed E-state index contributed by atoms with van der Waals surface area (Å²) in [6.07, 6.45) is 7.14. The Kier molecular flexibility index (Phi) is 3.39. The molecule has 2 aliphatic heterocycles. The van der Waals surface area contributed by atoms with E-state index < -0.39 is 0 Å². The first-order valence-corrected chi connectivity index (χ1v) is 7.23. The minimum Gasteiger partial charge on any atom is -0.393 e. The standard InChI is InChI=1S/C14H23N3O/c1-2-16-6-3-4-11(16)9-14-15-10-12-8-13(18)5-7-17(12)14/h10-11,13,18H,2-9H2,1H3. The van der Waals surface area contributed by atoms with E-state index in [4.69, 9.17) is 0 Å². The first-order chi connectivity index (χ1) is 8.78. The first-order valence-electron chi connectivity index (χ1n) is 7.23. The van der Waals surface area contributed by atoms with Gasteiger partial charge < -0.3 is 14.6 Å². The molecule has 2 atom stereocenters. The van der Waals surface area contributed by atoms with Crippen LogP contribution in [0.15, 0.2) is 6.20 Å². The minimum absolute atomic E-state index is 0.166. The Bertz CT molecular complexity index is 415.